The van der Waals surface area contributed by atoms with E-state index in [-0.39, 0.29) is 11.0 Å². The second-order valence-corrected chi connectivity index (χ2v) is 5.55. The molecule has 2 atom stereocenters. The Kier molecular flexibility index (Phi) is 4.99. The monoisotopic (exact) mass is 257 g/mol. The molecule has 0 aromatic heterocycles. The maximum Gasteiger partial charge on any atom is 0.191 e. The lowest BCUT2D eigenvalue weighted by Crippen LogP contribution is -2.69. The molecule has 0 radical (unpaired) electrons. The van der Waals surface area contributed by atoms with E-state index in [1.165, 1.54) is 0 Å². The number of hydrogen-bond acceptors (Lipinski definition) is 3. The van der Waals surface area contributed by atoms with E-state index in [0.29, 0.717) is 12.6 Å². The zero-order valence-electron chi connectivity index (χ0n) is 12.5. The van der Waals surface area contributed by atoms with E-state index in [1.54, 1.807) is 21.3 Å². The van der Waals surface area contributed by atoms with Crippen LogP contribution in [-0.4, -0.2) is 52.0 Å². The van der Waals surface area contributed by atoms with E-state index in [1.807, 2.05) is 0 Å². The Morgan fingerprint density at radius 2 is 2.00 bits per heavy atom. The molecule has 2 N–H and O–H groups in total. The van der Waals surface area contributed by atoms with E-state index in [2.05, 4.69) is 36.4 Å². The minimum Gasteiger partial charge on any atom is -0.383 e. The molecular formula is C13H27N3O2. The van der Waals surface area contributed by atoms with Crippen LogP contribution in [0.15, 0.2) is 4.99 Å². The molecule has 0 saturated heterocycles. The lowest BCUT2D eigenvalue weighted by molar-refractivity contribution is -0.176. The van der Waals surface area contributed by atoms with Crippen LogP contribution in [0.25, 0.3) is 0 Å². The second-order valence-electron chi connectivity index (χ2n) is 5.55. The third-order valence-corrected chi connectivity index (χ3v) is 4.41. The number of ether oxygens (including phenoxy) is 2. The van der Waals surface area contributed by atoms with E-state index in [9.17, 15) is 0 Å². The predicted molar refractivity (Wildman–Crippen MR) is 74.0 cm³/mol. The fraction of sp³-hybridized carbons (Fsp3) is 0.923. The first-order chi connectivity index (χ1) is 8.41. The van der Waals surface area contributed by atoms with Crippen LogP contribution < -0.4 is 10.6 Å². The highest BCUT2D eigenvalue weighted by Crippen LogP contribution is 2.51. The average molecular weight is 257 g/mol. The van der Waals surface area contributed by atoms with E-state index < -0.39 is 0 Å². The summed E-state index contributed by atoms with van der Waals surface area (Å²) in [6, 6.07) is 0.371. The summed E-state index contributed by atoms with van der Waals surface area (Å²) in [6.45, 7) is 8.03. The third kappa shape index (κ3) is 2.78. The molecule has 0 aromatic rings. The summed E-state index contributed by atoms with van der Waals surface area (Å²) < 4.78 is 10.6. The standard InChI is InChI=1S/C13H27N3O2/c1-12(2)10(9-13(12,3)18-6)16-11(14-4)15-7-8-17-5/h10H,7-9H2,1-6H3,(H2,14,15,16). The van der Waals surface area contributed by atoms with Gasteiger partial charge in [0.1, 0.15) is 0 Å². The van der Waals surface area contributed by atoms with Gasteiger partial charge in [0.25, 0.3) is 0 Å². The lowest BCUT2D eigenvalue weighted by atomic mass is 9.56. The van der Waals surface area contributed by atoms with Crippen molar-refractivity contribution >= 4 is 5.96 Å². The van der Waals surface area contributed by atoms with Crippen LogP contribution in [0.2, 0.25) is 0 Å². The zero-order valence-corrected chi connectivity index (χ0v) is 12.5. The minimum absolute atomic E-state index is 0.0595. The molecule has 0 aliphatic heterocycles. The number of rotatable bonds is 5. The van der Waals surface area contributed by atoms with Crippen LogP contribution in [0.4, 0.5) is 0 Å². The summed E-state index contributed by atoms with van der Waals surface area (Å²) in [6.07, 6.45) is 0.988. The van der Waals surface area contributed by atoms with Gasteiger partial charge in [-0.1, -0.05) is 13.8 Å². The molecule has 0 aromatic carbocycles. The molecule has 1 aliphatic carbocycles. The second kappa shape index (κ2) is 5.89. The fourth-order valence-corrected chi connectivity index (χ4v) is 2.35. The highest BCUT2D eigenvalue weighted by atomic mass is 16.5. The van der Waals surface area contributed by atoms with Crippen molar-refractivity contribution in [2.45, 2.75) is 38.8 Å². The van der Waals surface area contributed by atoms with Crippen LogP contribution in [0.3, 0.4) is 0 Å². The highest BCUT2D eigenvalue weighted by Gasteiger charge is 2.57. The molecule has 0 amide bonds. The predicted octanol–water partition coefficient (Wildman–Crippen LogP) is 1.00. The van der Waals surface area contributed by atoms with E-state index in [4.69, 9.17) is 9.47 Å². The van der Waals surface area contributed by atoms with Crippen LogP contribution in [-0.2, 0) is 9.47 Å². The number of nitrogens with zero attached hydrogens (tertiary/aromatic N) is 1. The third-order valence-electron chi connectivity index (χ3n) is 4.41. The van der Waals surface area contributed by atoms with Crippen molar-refractivity contribution in [1.29, 1.82) is 0 Å². The average Bonchev–Trinajstić information content (AvgIpc) is 2.36. The van der Waals surface area contributed by atoms with Crippen LogP contribution in [0.5, 0.6) is 0 Å². The maximum atomic E-state index is 5.61. The molecule has 1 aliphatic rings. The molecule has 0 heterocycles. The van der Waals surface area contributed by atoms with Crippen molar-refractivity contribution in [2.24, 2.45) is 10.4 Å². The summed E-state index contributed by atoms with van der Waals surface area (Å²) >= 11 is 0. The SMILES string of the molecule is CN=C(NCCOC)NC1CC(C)(OC)C1(C)C. The molecule has 1 fully saturated rings. The van der Waals surface area contributed by atoms with Gasteiger partial charge in [0.15, 0.2) is 5.96 Å². The highest BCUT2D eigenvalue weighted by molar-refractivity contribution is 5.80. The van der Waals surface area contributed by atoms with Crippen molar-refractivity contribution in [3.63, 3.8) is 0 Å². The first-order valence-electron chi connectivity index (χ1n) is 6.42. The zero-order chi connectivity index (χ0) is 13.8. The molecule has 0 bridgehead atoms. The van der Waals surface area contributed by atoms with Crippen molar-refractivity contribution in [3.05, 3.63) is 0 Å². The van der Waals surface area contributed by atoms with Gasteiger partial charge in [0.2, 0.25) is 0 Å². The summed E-state index contributed by atoms with van der Waals surface area (Å²) in [5.74, 6) is 0.822. The van der Waals surface area contributed by atoms with Gasteiger partial charge in [-0.15, -0.1) is 0 Å². The van der Waals surface area contributed by atoms with E-state index in [0.717, 1.165) is 18.9 Å². The van der Waals surface area contributed by atoms with Gasteiger partial charge in [-0.25, -0.2) is 0 Å². The Hall–Kier alpha value is -0.810. The summed E-state index contributed by atoms with van der Waals surface area (Å²) in [5, 5.41) is 6.67. The molecule has 1 rings (SSSR count). The van der Waals surface area contributed by atoms with Gasteiger partial charge >= 0.3 is 0 Å². The number of guanidine groups is 1. The van der Waals surface area contributed by atoms with Crippen molar-refractivity contribution in [3.8, 4) is 0 Å². The van der Waals surface area contributed by atoms with E-state index >= 15 is 0 Å². The normalized spacial score (nSPS) is 30.8. The van der Waals surface area contributed by atoms with Crippen molar-refractivity contribution in [2.75, 3.05) is 34.4 Å². The van der Waals surface area contributed by atoms with Gasteiger partial charge in [-0.2, -0.15) is 0 Å². The van der Waals surface area contributed by atoms with Crippen LogP contribution >= 0.6 is 0 Å². The topological polar surface area (TPSA) is 54.9 Å². The number of hydrogen-bond donors (Lipinski definition) is 2. The Morgan fingerprint density at radius 3 is 2.44 bits per heavy atom. The summed E-state index contributed by atoms with van der Waals surface area (Å²) in [4.78, 5) is 4.22. The fourth-order valence-electron chi connectivity index (χ4n) is 2.35. The van der Waals surface area contributed by atoms with Gasteiger partial charge < -0.3 is 20.1 Å². The van der Waals surface area contributed by atoms with Gasteiger partial charge in [0.05, 0.1) is 12.2 Å². The van der Waals surface area contributed by atoms with Gasteiger partial charge in [-0.05, 0) is 13.3 Å². The maximum absolute atomic E-state index is 5.61. The van der Waals surface area contributed by atoms with Crippen molar-refractivity contribution in [1.82, 2.24) is 10.6 Å². The molecule has 18 heavy (non-hydrogen) atoms. The molecule has 5 heteroatoms. The summed E-state index contributed by atoms with van der Waals surface area (Å²) in [7, 11) is 5.25. The number of nitrogens with one attached hydrogen (secondary N) is 2. The minimum atomic E-state index is -0.0595. The van der Waals surface area contributed by atoms with Crippen molar-refractivity contribution < 1.29 is 9.47 Å². The summed E-state index contributed by atoms with van der Waals surface area (Å²) in [5.41, 5.74) is 0.0245. The molecule has 5 nitrogen and oxygen atoms in total. The molecule has 2 unspecified atom stereocenters. The Morgan fingerprint density at radius 1 is 1.33 bits per heavy atom. The molecular weight excluding hydrogens is 230 g/mol. The molecule has 1 saturated carbocycles. The number of methoxy groups -OCH3 is 2. The Labute approximate surface area is 110 Å². The first kappa shape index (κ1) is 15.2. The van der Waals surface area contributed by atoms with Crippen LogP contribution in [0.1, 0.15) is 27.2 Å². The largest absolute Gasteiger partial charge is 0.383 e. The van der Waals surface area contributed by atoms with Gasteiger partial charge in [0, 0.05) is 39.3 Å². The molecule has 0 spiro atoms. The van der Waals surface area contributed by atoms with Gasteiger partial charge in [-0.3, -0.25) is 4.99 Å². The smallest absolute Gasteiger partial charge is 0.191 e. The lowest BCUT2D eigenvalue weighted by Gasteiger charge is -2.59. The number of aliphatic imine (C=N–C) groups is 1. The quantitative estimate of drug-likeness (QED) is 0.438. The Bertz CT molecular complexity index is 305. The van der Waals surface area contributed by atoms with Crippen LogP contribution in [0, 0.1) is 5.41 Å². The molecule has 106 valence electrons. The first-order valence-corrected chi connectivity index (χ1v) is 6.42. The Balaban J connectivity index is 2.49.